The highest BCUT2D eigenvalue weighted by Gasteiger charge is 2.20. The molecule has 1 aliphatic rings. The topological polar surface area (TPSA) is 26.3 Å². The molecular weight excluding hydrogens is 164 g/mol. The molecule has 13 heavy (non-hydrogen) atoms. The minimum atomic E-state index is -0.267. The predicted octanol–water partition coefficient (Wildman–Crippen LogP) is 2.16. The van der Waals surface area contributed by atoms with Gasteiger partial charge in [0, 0.05) is 0 Å². The lowest BCUT2D eigenvalue weighted by molar-refractivity contribution is -0.137. The van der Waals surface area contributed by atoms with Crippen molar-refractivity contribution in [3.8, 4) is 0 Å². The summed E-state index contributed by atoms with van der Waals surface area (Å²) in [4.78, 5) is 11.1. The van der Waals surface area contributed by atoms with Crippen LogP contribution in [-0.2, 0) is 9.53 Å². The maximum Gasteiger partial charge on any atom is 0.338 e. The number of carbonyl (C=O) groups excluding carboxylic acids is 1. The monoisotopic (exact) mass is 176 g/mol. The van der Waals surface area contributed by atoms with E-state index >= 15 is 0 Å². The predicted molar refractivity (Wildman–Crippen MR) is 52.1 cm³/mol. The fraction of sp³-hybridized carbons (Fsp3) is 0.182. The Hall–Kier alpha value is -1.57. The third-order valence-corrected chi connectivity index (χ3v) is 1.61. The number of allylic oxidation sites excluding steroid dienone is 3. The smallest absolute Gasteiger partial charge is 0.338 e. The summed E-state index contributed by atoms with van der Waals surface area (Å²) >= 11 is 0. The van der Waals surface area contributed by atoms with Crippen LogP contribution in [0.4, 0.5) is 0 Å². The number of cyclic esters (lactones) is 1. The van der Waals surface area contributed by atoms with Gasteiger partial charge in [0.25, 0.3) is 0 Å². The van der Waals surface area contributed by atoms with Crippen molar-refractivity contribution in [2.24, 2.45) is 0 Å². The lowest BCUT2D eigenvalue weighted by Crippen LogP contribution is -2.04. The van der Waals surface area contributed by atoms with Crippen LogP contribution in [0.2, 0.25) is 0 Å². The first kappa shape index (κ1) is 9.52. The first-order valence-electron chi connectivity index (χ1n) is 4.12. The molecule has 0 amide bonds. The average molecular weight is 176 g/mol. The van der Waals surface area contributed by atoms with Crippen molar-refractivity contribution < 1.29 is 9.53 Å². The van der Waals surface area contributed by atoms with Gasteiger partial charge in [-0.3, -0.25) is 0 Å². The van der Waals surface area contributed by atoms with E-state index in [0.717, 1.165) is 0 Å². The van der Waals surface area contributed by atoms with Crippen LogP contribution in [0.3, 0.4) is 0 Å². The molecule has 0 fully saturated rings. The van der Waals surface area contributed by atoms with Gasteiger partial charge in [0.1, 0.15) is 6.10 Å². The summed E-state index contributed by atoms with van der Waals surface area (Å²) in [6.07, 6.45) is 10.3. The van der Waals surface area contributed by atoms with Crippen LogP contribution in [0.1, 0.15) is 6.92 Å². The van der Waals surface area contributed by atoms with E-state index in [-0.39, 0.29) is 12.1 Å². The molecule has 1 aliphatic heterocycles. The second-order valence-corrected chi connectivity index (χ2v) is 2.61. The molecule has 0 aliphatic carbocycles. The molecule has 0 aromatic heterocycles. The molecule has 1 atom stereocenters. The van der Waals surface area contributed by atoms with Gasteiger partial charge in [-0.2, -0.15) is 0 Å². The third kappa shape index (κ3) is 2.44. The van der Waals surface area contributed by atoms with Crippen LogP contribution in [-0.4, -0.2) is 12.1 Å². The highest BCUT2D eigenvalue weighted by atomic mass is 16.5. The van der Waals surface area contributed by atoms with E-state index in [4.69, 9.17) is 4.74 Å². The van der Waals surface area contributed by atoms with E-state index in [1.54, 1.807) is 30.4 Å². The fourth-order valence-corrected chi connectivity index (χ4v) is 1.06. The van der Waals surface area contributed by atoms with E-state index in [1.807, 2.05) is 13.0 Å². The Kier molecular flexibility index (Phi) is 3.26. The molecule has 0 aromatic rings. The molecule has 0 N–H and O–H groups in total. The Balaban J connectivity index is 2.71. The van der Waals surface area contributed by atoms with Crippen LogP contribution in [0.15, 0.2) is 48.6 Å². The zero-order valence-electron chi connectivity index (χ0n) is 7.57. The van der Waals surface area contributed by atoms with Gasteiger partial charge in [0.2, 0.25) is 0 Å². The summed E-state index contributed by atoms with van der Waals surface area (Å²) in [5, 5.41) is 0. The van der Waals surface area contributed by atoms with E-state index in [9.17, 15) is 4.79 Å². The number of carbonyl (C=O) groups is 1. The van der Waals surface area contributed by atoms with Crippen molar-refractivity contribution in [3.63, 3.8) is 0 Å². The van der Waals surface area contributed by atoms with E-state index in [1.165, 1.54) is 0 Å². The van der Waals surface area contributed by atoms with Crippen LogP contribution < -0.4 is 0 Å². The number of ether oxygens (including phenoxy) is 1. The minimum absolute atomic E-state index is 0.239. The van der Waals surface area contributed by atoms with Gasteiger partial charge in [-0.15, -0.1) is 0 Å². The van der Waals surface area contributed by atoms with Crippen molar-refractivity contribution in [2.75, 3.05) is 0 Å². The van der Waals surface area contributed by atoms with E-state index in [0.29, 0.717) is 5.57 Å². The zero-order valence-corrected chi connectivity index (χ0v) is 7.57. The highest BCUT2D eigenvalue weighted by Crippen LogP contribution is 2.15. The number of hydrogen-bond acceptors (Lipinski definition) is 2. The van der Waals surface area contributed by atoms with Crippen molar-refractivity contribution in [3.05, 3.63) is 48.6 Å². The molecule has 2 nitrogen and oxygen atoms in total. The van der Waals surface area contributed by atoms with Crippen LogP contribution in [0, 0.1) is 0 Å². The maximum atomic E-state index is 11.1. The molecule has 0 saturated heterocycles. The van der Waals surface area contributed by atoms with Gasteiger partial charge < -0.3 is 4.74 Å². The van der Waals surface area contributed by atoms with Crippen molar-refractivity contribution >= 4 is 5.97 Å². The lowest BCUT2D eigenvalue weighted by Gasteiger charge is -1.99. The second-order valence-electron chi connectivity index (χ2n) is 2.61. The van der Waals surface area contributed by atoms with Crippen molar-refractivity contribution in [1.29, 1.82) is 0 Å². The van der Waals surface area contributed by atoms with Gasteiger partial charge in [0.15, 0.2) is 0 Å². The summed E-state index contributed by atoms with van der Waals surface area (Å²) in [5.41, 5.74) is 0.612. The standard InChI is InChI=1S/C11H12O2/c1-3-5-7-10-8-9(6-4-2)11(12)13-10/h3-8,10H,1H2,2H3/b6-4+,7-5+/t10-/m0/s1. The van der Waals surface area contributed by atoms with Crippen LogP contribution in [0.25, 0.3) is 0 Å². The Morgan fingerprint density at radius 2 is 2.38 bits per heavy atom. The molecule has 68 valence electrons. The quantitative estimate of drug-likeness (QED) is 0.486. The number of esters is 1. The van der Waals surface area contributed by atoms with Gasteiger partial charge in [-0.25, -0.2) is 4.79 Å². The molecule has 0 aromatic carbocycles. The van der Waals surface area contributed by atoms with E-state index < -0.39 is 0 Å². The van der Waals surface area contributed by atoms with Gasteiger partial charge in [-0.05, 0) is 19.1 Å². The molecule has 0 unspecified atom stereocenters. The molecule has 1 rings (SSSR count). The molecule has 0 spiro atoms. The number of hydrogen-bond donors (Lipinski definition) is 0. The summed E-state index contributed by atoms with van der Waals surface area (Å²) in [7, 11) is 0. The SMILES string of the molecule is C=C/C=C/[C@H]1C=C(/C=C/C)C(=O)O1. The average Bonchev–Trinajstić information content (AvgIpc) is 2.45. The Labute approximate surface area is 77.9 Å². The molecule has 0 radical (unpaired) electrons. The van der Waals surface area contributed by atoms with Gasteiger partial charge in [-0.1, -0.05) is 30.9 Å². The fourth-order valence-electron chi connectivity index (χ4n) is 1.06. The second kappa shape index (κ2) is 4.45. The third-order valence-electron chi connectivity index (χ3n) is 1.61. The number of rotatable bonds is 3. The summed E-state index contributed by atoms with van der Waals surface area (Å²) < 4.78 is 5.01. The largest absolute Gasteiger partial charge is 0.450 e. The summed E-state index contributed by atoms with van der Waals surface area (Å²) in [6.45, 7) is 5.40. The summed E-state index contributed by atoms with van der Waals surface area (Å²) in [6, 6.07) is 0. The lowest BCUT2D eigenvalue weighted by atomic mass is 10.2. The van der Waals surface area contributed by atoms with Crippen molar-refractivity contribution in [1.82, 2.24) is 0 Å². The zero-order chi connectivity index (χ0) is 9.68. The Morgan fingerprint density at radius 1 is 1.62 bits per heavy atom. The highest BCUT2D eigenvalue weighted by molar-refractivity contribution is 5.94. The molecule has 0 saturated carbocycles. The Morgan fingerprint density at radius 3 is 3.00 bits per heavy atom. The molecule has 0 bridgehead atoms. The summed E-state index contributed by atoms with van der Waals surface area (Å²) in [5.74, 6) is -0.267. The molecular formula is C11H12O2. The first-order valence-corrected chi connectivity index (χ1v) is 4.12. The van der Waals surface area contributed by atoms with Crippen LogP contribution in [0.5, 0.6) is 0 Å². The van der Waals surface area contributed by atoms with Crippen molar-refractivity contribution in [2.45, 2.75) is 13.0 Å². The molecule has 2 heteroatoms. The molecule has 1 heterocycles. The maximum absolute atomic E-state index is 11.1. The first-order chi connectivity index (χ1) is 6.27. The van der Waals surface area contributed by atoms with E-state index in [2.05, 4.69) is 6.58 Å². The Bertz CT molecular complexity index is 295. The van der Waals surface area contributed by atoms with Crippen LogP contribution >= 0.6 is 0 Å². The minimum Gasteiger partial charge on any atom is -0.450 e. The normalized spacial score (nSPS) is 22.4. The van der Waals surface area contributed by atoms with Gasteiger partial charge in [0.05, 0.1) is 5.57 Å². The van der Waals surface area contributed by atoms with Gasteiger partial charge >= 0.3 is 5.97 Å².